The Morgan fingerprint density at radius 1 is 1.14 bits per heavy atom. The molecule has 1 aromatic heterocycles. The fourth-order valence-corrected chi connectivity index (χ4v) is 3.03. The molecular formula is C19H22N6O2S. The van der Waals surface area contributed by atoms with Gasteiger partial charge in [-0.25, -0.2) is 15.0 Å². The van der Waals surface area contributed by atoms with Crippen molar-refractivity contribution in [1.29, 1.82) is 0 Å². The molecular weight excluding hydrogens is 376 g/mol. The first-order chi connectivity index (χ1) is 13.5. The van der Waals surface area contributed by atoms with Crippen LogP contribution in [0.2, 0.25) is 0 Å². The quantitative estimate of drug-likeness (QED) is 0.411. The maximum atomic E-state index is 5.43. The zero-order chi connectivity index (χ0) is 19.5. The van der Waals surface area contributed by atoms with E-state index in [9.17, 15) is 0 Å². The molecule has 1 aliphatic heterocycles. The maximum absolute atomic E-state index is 5.43. The fourth-order valence-electron chi connectivity index (χ4n) is 2.76. The molecule has 8 nitrogen and oxygen atoms in total. The second-order valence-corrected chi connectivity index (χ2v) is 7.23. The van der Waals surface area contributed by atoms with Crippen molar-refractivity contribution in [2.24, 2.45) is 4.99 Å². The predicted octanol–water partition coefficient (Wildman–Crippen LogP) is 2.42. The topological polar surface area (TPSA) is 92.7 Å². The summed E-state index contributed by atoms with van der Waals surface area (Å²) in [5.41, 5.74) is 2.75. The molecule has 2 aromatic rings. The summed E-state index contributed by atoms with van der Waals surface area (Å²) in [6.07, 6.45) is 2.28. The number of ether oxygens (including phenoxy) is 2. The first-order valence-corrected chi connectivity index (χ1v) is 9.56. The van der Waals surface area contributed by atoms with Gasteiger partial charge in [0, 0.05) is 17.4 Å². The average Bonchev–Trinajstić information content (AvgIpc) is 3.31. The number of aryl methyl sites for hydroxylation is 2. The van der Waals surface area contributed by atoms with Crippen molar-refractivity contribution in [3.63, 3.8) is 0 Å². The first-order valence-electron chi connectivity index (χ1n) is 9.15. The Balaban J connectivity index is 1.50. The van der Waals surface area contributed by atoms with Crippen LogP contribution in [0.15, 0.2) is 29.3 Å². The highest BCUT2D eigenvalue weighted by molar-refractivity contribution is 7.80. The monoisotopic (exact) mass is 398 g/mol. The molecule has 2 aliphatic rings. The third-order valence-corrected chi connectivity index (χ3v) is 4.43. The lowest BCUT2D eigenvalue weighted by Crippen LogP contribution is -2.43. The van der Waals surface area contributed by atoms with E-state index < -0.39 is 0 Å². The summed E-state index contributed by atoms with van der Waals surface area (Å²) < 4.78 is 10.8. The minimum absolute atomic E-state index is 0.252. The number of benzene rings is 1. The Labute approximate surface area is 168 Å². The molecule has 1 aromatic carbocycles. The van der Waals surface area contributed by atoms with Crippen LogP contribution < -0.4 is 25.4 Å². The Morgan fingerprint density at radius 2 is 1.89 bits per heavy atom. The number of aromatic nitrogens is 2. The van der Waals surface area contributed by atoms with Crippen molar-refractivity contribution in [3.05, 3.63) is 41.2 Å². The molecule has 0 unspecified atom stereocenters. The minimum Gasteiger partial charge on any atom is -0.454 e. The fraction of sp³-hybridized carbons (Fsp3) is 0.368. The van der Waals surface area contributed by atoms with Crippen LogP contribution in [0.1, 0.15) is 29.8 Å². The zero-order valence-corrected chi connectivity index (χ0v) is 16.6. The van der Waals surface area contributed by atoms with E-state index >= 15 is 0 Å². The summed E-state index contributed by atoms with van der Waals surface area (Å²) in [7, 11) is 0. The number of thiocarbonyl (C=S) groups is 1. The lowest BCUT2D eigenvalue weighted by atomic mass is 10.2. The molecule has 28 heavy (non-hydrogen) atoms. The first kappa shape index (κ1) is 18.4. The summed E-state index contributed by atoms with van der Waals surface area (Å²) in [5, 5.41) is 10.0. The molecule has 2 heterocycles. The van der Waals surface area contributed by atoms with Gasteiger partial charge in [0.25, 0.3) is 0 Å². The van der Waals surface area contributed by atoms with Crippen LogP contribution in [0, 0.1) is 13.8 Å². The van der Waals surface area contributed by atoms with E-state index in [0.29, 0.717) is 29.6 Å². The Hall–Kier alpha value is -2.94. The number of hydrogen-bond acceptors (Lipinski definition) is 6. The van der Waals surface area contributed by atoms with Gasteiger partial charge in [-0.15, -0.1) is 0 Å². The van der Waals surface area contributed by atoms with E-state index in [4.69, 9.17) is 21.7 Å². The molecule has 0 spiro atoms. The van der Waals surface area contributed by atoms with E-state index in [-0.39, 0.29) is 6.79 Å². The molecule has 1 aliphatic carbocycles. The molecule has 3 N–H and O–H groups in total. The van der Waals surface area contributed by atoms with Gasteiger partial charge in [0.2, 0.25) is 18.7 Å². The van der Waals surface area contributed by atoms with E-state index in [1.54, 1.807) is 0 Å². The van der Waals surface area contributed by atoms with Gasteiger partial charge in [0.1, 0.15) is 0 Å². The SMILES string of the molecule is Cc1cc(C)nc(NC(=NCc2ccc3c(c2)OCO3)NC(=S)NC2CC2)n1. The van der Waals surface area contributed by atoms with Gasteiger partial charge in [-0.3, -0.25) is 5.32 Å². The number of aliphatic imine (C=N–C) groups is 1. The van der Waals surface area contributed by atoms with Crippen LogP contribution in [-0.2, 0) is 6.54 Å². The van der Waals surface area contributed by atoms with Crippen LogP contribution in [0.25, 0.3) is 0 Å². The average molecular weight is 398 g/mol. The summed E-state index contributed by atoms with van der Waals surface area (Å²) in [4.78, 5) is 13.5. The summed E-state index contributed by atoms with van der Waals surface area (Å²) in [5.74, 6) is 2.45. The van der Waals surface area contributed by atoms with Crippen LogP contribution >= 0.6 is 12.2 Å². The van der Waals surface area contributed by atoms with Gasteiger partial charge >= 0.3 is 0 Å². The van der Waals surface area contributed by atoms with E-state index in [0.717, 1.165) is 41.3 Å². The van der Waals surface area contributed by atoms with Crippen molar-refractivity contribution in [2.45, 2.75) is 39.3 Å². The summed E-state index contributed by atoms with van der Waals surface area (Å²) in [6.45, 7) is 4.54. The van der Waals surface area contributed by atoms with Gasteiger partial charge in [-0.1, -0.05) is 6.07 Å². The predicted molar refractivity (Wildman–Crippen MR) is 111 cm³/mol. The number of fused-ring (bicyclic) bond motifs is 1. The van der Waals surface area contributed by atoms with Gasteiger partial charge < -0.3 is 20.1 Å². The molecule has 9 heteroatoms. The van der Waals surface area contributed by atoms with E-state index in [1.807, 2.05) is 38.1 Å². The van der Waals surface area contributed by atoms with Crippen molar-refractivity contribution in [3.8, 4) is 11.5 Å². The number of nitrogens with one attached hydrogen (secondary N) is 3. The largest absolute Gasteiger partial charge is 0.454 e. The second kappa shape index (κ2) is 7.97. The third kappa shape index (κ3) is 4.86. The van der Waals surface area contributed by atoms with Crippen molar-refractivity contribution < 1.29 is 9.47 Å². The van der Waals surface area contributed by atoms with Crippen molar-refractivity contribution in [1.82, 2.24) is 20.6 Å². The number of nitrogens with zero attached hydrogens (tertiary/aromatic N) is 3. The molecule has 0 atom stereocenters. The lowest BCUT2D eigenvalue weighted by Gasteiger charge is -2.14. The summed E-state index contributed by atoms with van der Waals surface area (Å²) >= 11 is 5.39. The Morgan fingerprint density at radius 3 is 2.64 bits per heavy atom. The zero-order valence-electron chi connectivity index (χ0n) is 15.8. The highest BCUT2D eigenvalue weighted by Gasteiger charge is 2.22. The molecule has 0 saturated heterocycles. The van der Waals surface area contributed by atoms with Gasteiger partial charge in [0.05, 0.1) is 6.54 Å². The summed E-state index contributed by atoms with van der Waals surface area (Å²) in [6, 6.07) is 8.15. The molecule has 4 rings (SSSR count). The number of rotatable bonds is 4. The Kier molecular flexibility index (Phi) is 5.25. The number of hydrogen-bond donors (Lipinski definition) is 3. The standard InChI is InChI=1S/C19H22N6O2S/c1-11-7-12(2)22-18(21-11)24-17(25-19(28)23-14-4-5-14)20-9-13-3-6-15-16(8-13)27-10-26-15/h3,6-8,14H,4-5,9-10H2,1-2H3,(H3,20,21,22,23,24,25,28). The normalized spacial score (nSPS) is 15.3. The Bertz CT molecular complexity index is 908. The van der Waals surface area contributed by atoms with E-state index in [1.165, 1.54) is 0 Å². The highest BCUT2D eigenvalue weighted by Crippen LogP contribution is 2.32. The number of anilines is 1. The minimum atomic E-state index is 0.252. The van der Waals surface area contributed by atoms with Crippen molar-refractivity contribution in [2.75, 3.05) is 12.1 Å². The van der Waals surface area contributed by atoms with Crippen LogP contribution in [0.5, 0.6) is 11.5 Å². The number of guanidine groups is 1. The smallest absolute Gasteiger partial charge is 0.231 e. The van der Waals surface area contributed by atoms with Gasteiger partial charge in [-0.2, -0.15) is 0 Å². The van der Waals surface area contributed by atoms with E-state index in [2.05, 4.69) is 30.9 Å². The lowest BCUT2D eigenvalue weighted by molar-refractivity contribution is 0.174. The highest BCUT2D eigenvalue weighted by atomic mass is 32.1. The van der Waals surface area contributed by atoms with Crippen molar-refractivity contribution >= 4 is 29.2 Å². The van der Waals surface area contributed by atoms with Gasteiger partial charge in [-0.05, 0) is 62.7 Å². The molecule has 1 fully saturated rings. The van der Waals surface area contributed by atoms with Crippen LogP contribution in [0.4, 0.5) is 5.95 Å². The van der Waals surface area contributed by atoms with Crippen LogP contribution in [-0.4, -0.2) is 33.9 Å². The third-order valence-electron chi connectivity index (χ3n) is 4.21. The molecule has 0 radical (unpaired) electrons. The second-order valence-electron chi connectivity index (χ2n) is 6.82. The maximum Gasteiger partial charge on any atom is 0.231 e. The molecule has 146 valence electrons. The molecule has 0 amide bonds. The molecule has 0 bridgehead atoms. The molecule has 1 saturated carbocycles. The van der Waals surface area contributed by atoms with Gasteiger partial charge in [0.15, 0.2) is 16.6 Å². The van der Waals surface area contributed by atoms with Crippen LogP contribution in [0.3, 0.4) is 0 Å².